The van der Waals surface area contributed by atoms with Crippen molar-refractivity contribution in [3.05, 3.63) is 58.7 Å². The second kappa shape index (κ2) is 7.28. The van der Waals surface area contributed by atoms with E-state index in [1.165, 1.54) is 18.5 Å². The van der Waals surface area contributed by atoms with Gasteiger partial charge in [-0.2, -0.15) is 0 Å². The Labute approximate surface area is 163 Å². The summed E-state index contributed by atoms with van der Waals surface area (Å²) in [5, 5.41) is 4.70. The Hall–Kier alpha value is -2.07. The molecule has 0 atom stereocenters. The lowest BCUT2D eigenvalue weighted by Gasteiger charge is -2.32. The summed E-state index contributed by atoms with van der Waals surface area (Å²) in [5.41, 5.74) is 5.54. The van der Waals surface area contributed by atoms with Crippen LogP contribution < -0.4 is 10.2 Å². The van der Waals surface area contributed by atoms with Gasteiger partial charge in [-0.05, 0) is 74.2 Å². The summed E-state index contributed by atoms with van der Waals surface area (Å²) in [4.78, 5) is 7.13. The average molecular weight is 410 g/mol. The van der Waals surface area contributed by atoms with Gasteiger partial charge in [0.25, 0.3) is 0 Å². The highest BCUT2D eigenvalue weighted by molar-refractivity contribution is 9.10. The SMILES string of the molecule is Cc1cc(Nc2ccc(N3CCC(C)CC3)cc2)c2cc(Br)ccc2n1. The first-order valence-corrected chi connectivity index (χ1v) is 10.1. The van der Waals surface area contributed by atoms with Crippen LogP contribution in [0.2, 0.25) is 0 Å². The molecule has 1 aliphatic rings. The molecule has 2 aromatic carbocycles. The van der Waals surface area contributed by atoms with Crippen molar-refractivity contribution >= 4 is 43.9 Å². The van der Waals surface area contributed by atoms with Gasteiger partial charge < -0.3 is 10.2 Å². The smallest absolute Gasteiger partial charge is 0.0726 e. The number of hydrogen-bond donors (Lipinski definition) is 1. The van der Waals surface area contributed by atoms with E-state index in [4.69, 9.17) is 0 Å². The zero-order valence-corrected chi connectivity index (χ0v) is 16.9. The maximum atomic E-state index is 4.63. The molecule has 0 saturated carbocycles. The molecule has 3 aromatic rings. The van der Waals surface area contributed by atoms with Gasteiger partial charge in [0.1, 0.15) is 0 Å². The van der Waals surface area contributed by atoms with Crippen LogP contribution >= 0.6 is 15.9 Å². The first-order valence-electron chi connectivity index (χ1n) is 9.27. The van der Waals surface area contributed by atoms with Crippen molar-refractivity contribution in [2.75, 3.05) is 23.3 Å². The molecule has 134 valence electrons. The van der Waals surface area contributed by atoms with Crippen molar-refractivity contribution in [1.29, 1.82) is 0 Å². The maximum Gasteiger partial charge on any atom is 0.0726 e. The first-order chi connectivity index (χ1) is 12.6. The highest BCUT2D eigenvalue weighted by Gasteiger charge is 2.15. The van der Waals surface area contributed by atoms with Crippen molar-refractivity contribution in [2.24, 2.45) is 5.92 Å². The van der Waals surface area contributed by atoms with Crippen molar-refractivity contribution in [1.82, 2.24) is 4.98 Å². The lowest BCUT2D eigenvalue weighted by molar-refractivity contribution is 0.438. The number of benzene rings is 2. The van der Waals surface area contributed by atoms with Gasteiger partial charge in [0.2, 0.25) is 0 Å². The van der Waals surface area contributed by atoms with Gasteiger partial charge in [-0.25, -0.2) is 0 Å². The predicted octanol–water partition coefficient (Wildman–Crippen LogP) is 6.29. The third-order valence-corrected chi connectivity index (χ3v) is 5.69. The number of rotatable bonds is 3. The van der Waals surface area contributed by atoms with Gasteiger partial charge in [0.05, 0.1) is 5.52 Å². The van der Waals surface area contributed by atoms with Gasteiger partial charge >= 0.3 is 0 Å². The molecule has 1 N–H and O–H groups in total. The molecule has 4 rings (SSSR count). The number of hydrogen-bond acceptors (Lipinski definition) is 3. The number of nitrogens with one attached hydrogen (secondary N) is 1. The monoisotopic (exact) mass is 409 g/mol. The van der Waals surface area contributed by atoms with Crippen LogP contribution in [0.1, 0.15) is 25.5 Å². The fourth-order valence-electron chi connectivity index (χ4n) is 3.61. The maximum absolute atomic E-state index is 4.63. The van der Waals surface area contributed by atoms with Crippen LogP contribution in [-0.2, 0) is 0 Å². The van der Waals surface area contributed by atoms with E-state index in [0.717, 1.165) is 51.5 Å². The second-order valence-electron chi connectivity index (χ2n) is 7.31. The Kier molecular flexibility index (Phi) is 4.86. The fourth-order valence-corrected chi connectivity index (χ4v) is 3.97. The number of aryl methyl sites for hydroxylation is 1. The van der Waals surface area contributed by atoms with E-state index in [1.807, 2.05) is 13.0 Å². The summed E-state index contributed by atoms with van der Waals surface area (Å²) in [6, 6.07) is 17.1. The third kappa shape index (κ3) is 3.70. The van der Waals surface area contributed by atoms with Crippen molar-refractivity contribution < 1.29 is 0 Å². The molecule has 1 fully saturated rings. The van der Waals surface area contributed by atoms with Crippen molar-refractivity contribution in [2.45, 2.75) is 26.7 Å². The van der Waals surface area contributed by atoms with E-state index in [1.54, 1.807) is 0 Å². The molecule has 2 heterocycles. The van der Waals surface area contributed by atoms with Crippen LogP contribution in [0.4, 0.5) is 17.1 Å². The van der Waals surface area contributed by atoms with E-state index in [9.17, 15) is 0 Å². The minimum absolute atomic E-state index is 0.856. The molecule has 1 aromatic heterocycles. The molecule has 0 amide bonds. The summed E-state index contributed by atoms with van der Waals surface area (Å²) < 4.78 is 1.06. The standard InChI is InChI=1S/C22H24BrN3/c1-15-9-11-26(12-10-15)19-6-4-18(5-7-19)25-22-13-16(2)24-21-8-3-17(23)14-20(21)22/h3-8,13-15H,9-12H2,1-2H3,(H,24,25). The normalized spacial score (nSPS) is 15.4. The number of aromatic nitrogens is 1. The highest BCUT2D eigenvalue weighted by Crippen LogP contribution is 2.30. The van der Waals surface area contributed by atoms with Crippen LogP contribution in [0.5, 0.6) is 0 Å². The summed E-state index contributed by atoms with van der Waals surface area (Å²) in [5.74, 6) is 0.856. The molecular formula is C22H24BrN3. The Balaban J connectivity index is 1.58. The molecule has 4 heteroatoms. The molecule has 0 bridgehead atoms. The summed E-state index contributed by atoms with van der Waals surface area (Å²) in [7, 11) is 0. The first kappa shape index (κ1) is 17.3. The minimum atomic E-state index is 0.856. The fraction of sp³-hybridized carbons (Fsp3) is 0.318. The molecule has 0 aliphatic carbocycles. The van der Waals surface area contributed by atoms with E-state index in [-0.39, 0.29) is 0 Å². The number of nitrogens with zero attached hydrogens (tertiary/aromatic N) is 2. The molecule has 1 saturated heterocycles. The van der Waals surface area contributed by atoms with E-state index < -0.39 is 0 Å². The molecule has 3 nitrogen and oxygen atoms in total. The van der Waals surface area contributed by atoms with Gasteiger partial charge in [0.15, 0.2) is 0 Å². The highest BCUT2D eigenvalue weighted by atomic mass is 79.9. The van der Waals surface area contributed by atoms with Gasteiger partial charge in [-0.3, -0.25) is 4.98 Å². The quantitative estimate of drug-likeness (QED) is 0.550. The largest absolute Gasteiger partial charge is 0.372 e. The number of halogens is 1. The Bertz CT molecular complexity index is 913. The Morgan fingerprint density at radius 1 is 1.04 bits per heavy atom. The lowest BCUT2D eigenvalue weighted by Crippen LogP contribution is -2.32. The summed E-state index contributed by atoms with van der Waals surface area (Å²) in [6.45, 7) is 6.71. The molecule has 0 radical (unpaired) electrons. The van der Waals surface area contributed by atoms with Crippen LogP contribution in [-0.4, -0.2) is 18.1 Å². The predicted molar refractivity (Wildman–Crippen MR) is 115 cm³/mol. The molecule has 0 unspecified atom stereocenters. The summed E-state index contributed by atoms with van der Waals surface area (Å²) in [6.07, 6.45) is 2.58. The van der Waals surface area contributed by atoms with E-state index >= 15 is 0 Å². The van der Waals surface area contributed by atoms with Crippen LogP contribution in [0.3, 0.4) is 0 Å². The number of anilines is 3. The van der Waals surface area contributed by atoms with E-state index in [0.29, 0.717) is 0 Å². The Morgan fingerprint density at radius 2 is 1.77 bits per heavy atom. The molecule has 0 spiro atoms. The summed E-state index contributed by atoms with van der Waals surface area (Å²) >= 11 is 3.57. The second-order valence-corrected chi connectivity index (χ2v) is 8.23. The topological polar surface area (TPSA) is 28.2 Å². The third-order valence-electron chi connectivity index (χ3n) is 5.19. The van der Waals surface area contributed by atoms with Gasteiger partial charge in [-0.15, -0.1) is 0 Å². The molecule has 1 aliphatic heterocycles. The van der Waals surface area contributed by atoms with Crippen LogP contribution in [0, 0.1) is 12.8 Å². The van der Waals surface area contributed by atoms with E-state index in [2.05, 4.69) is 80.5 Å². The van der Waals surface area contributed by atoms with Crippen LogP contribution in [0.25, 0.3) is 10.9 Å². The molecule has 26 heavy (non-hydrogen) atoms. The average Bonchev–Trinajstić information content (AvgIpc) is 2.64. The lowest BCUT2D eigenvalue weighted by atomic mass is 9.99. The minimum Gasteiger partial charge on any atom is -0.372 e. The Morgan fingerprint density at radius 3 is 2.50 bits per heavy atom. The number of fused-ring (bicyclic) bond motifs is 1. The van der Waals surface area contributed by atoms with Crippen molar-refractivity contribution in [3.63, 3.8) is 0 Å². The number of pyridine rings is 1. The van der Waals surface area contributed by atoms with Crippen molar-refractivity contribution in [3.8, 4) is 0 Å². The van der Waals surface area contributed by atoms with Crippen LogP contribution in [0.15, 0.2) is 53.0 Å². The zero-order valence-electron chi connectivity index (χ0n) is 15.3. The van der Waals surface area contributed by atoms with Gasteiger partial charge in [-0.1, -0.05) is 22.9 Å². The molecular weight excluding hydrogens is 386 g/mol. The van der Waals surface area contributed by atoms with Gasteiger partial charge in [0, 0.05) is 45.7 Å². The number of piperidine rings is 1. The zero-order chi connectivity index (χ0) is 18.1.